The van der Waals surface area contributed by atoms with Crippen LogP contribution in [0.3, 0.4) is 0 Å². The molecular formula is C19H21N5O3. The van der Waals surface area contributed by atoms with E-state index in [1.807, 2.05) is 29.2 Å². The van der Waals surface area contributed by atoms with Crippen LogP contribution in [0.5, 0.6) is 0 Å². The normalized spacial score (nSPS) is 27.8. The summed E-state index contributed by atoms with van der Waals surface area (Å²) in [6, 6.07) is 7.45. The van der Waals surface area contributed by atoms with Crippen LogP contribution in [0.2, 0.25) is 0 Å². The Morgan fingerprint density at radius 1 is 1.22 bits per heavy atom. The van der Waals surface area contributed by atoms with E-state index in [9.17, 15) is 9.90 Å². The van der Waals surface area contributed by atoms with E-state index in [2.05, 4.69) is 15.1 Å². The van der Waals surface area contributed by atoms with E-state index in [4.69, 9.17) is 4.42 Å². The van der Waals surface area contributed by atoms with Crippen LogP contribution >= 0.6 is 0 Å². The molecule has 3 heterocycles. The van der Waals surface area contributed by atoms with Crippen LogP contribution in [-0.2, 0) is 11.2 Å². The van der Waals surface area contributed by atoms with Gasteiger partial charge in [-0.1, -0.05) is 12.1 Å². The number of aliphatic hydroxyl groups is 1. The fourth-order valence-corrected chi connectivity index (χ4v) is 4.52. The van der Waals surface area contributed by atoms with Gasteiger partial charge in [0.15, 0.2) is 5.58 Å². The van der Waals surface area contributed by atoms with E-state index in [0.29, 0.717) is 42.8 Å². The predicted octanol–water partition coefficient (Wildman–Crippen LogP) is 1.43. The number of hydrogen-bond acceptors (Lipinski definition) is 6. The molecule has 3 aromatic rings. The minimum Gasteiger partial charge on any atom is -0.440 e. The van der Waals surface area contributed by atoms with Gasteiger partial charge in [0.2, 0.25) is 11.8 Å². The molecule has 27 heavy (non-hydrogen) atoms. The van der Waals surface area contributed by atoms with E-state index in [1.165, 1.54) is 6.33 Å². The van der Waals surface area contributed by atoms with Gasteiger partial charge in [0.25, 0.3) is 0 Å². The first-order valence-corrected chi connectivity index (χ1v) is 9.32. The highest BCUT2D eigenvalue weighted by atomic mass is 16.3. The highest BCUT2D eigenvalue weighted by molar-refractivity contribution is 5.79. The third-order valence-corrected chi connectivity index (χ3v) is 5.88. The number of aliphatic hydroxyl groups excluding tert-OH is 1. The number of benzene rings is 1. The molecule has 4 atom stereocenters. The first-order chi connectivity index (χ1) is 13.2. The minimum absolute atomic E-state index is 0.0303. The number of fused-ring (bicyclic) bond motifs is 2. The number of hydrogen-bond donors (Lipinski definition) is 1. The number of carbonyl (C=O) groups is 1. The van der Waals surface area contributed by atoms with Crippen molar-refractivity contribution in [1.29, 1.82) is 0 Å². The number of oxazole rings is 1. The molecule has 1 aliphatic heterocycles. The monoisotopic (exact) mass is 367 g/mol. The van der Waals surface area contributed by atoms with Gasteiger partial charge in [-0.25, -0.2) is 14.6 Å². The Kier molecular flexibility index (Phi) is 3.93. The lowest BCUT2D eigenvalue weighted by Crippen LogP contribution is -2.36. The third-order valence-electron chi connectivity index (χ3n) is 5.88. The van der Waals surface area contributed by atoms with E-state index < -0.39 is 6.10 Å². The van der Waals surface area contributed by atoms with Crippen LogP contribution in [-0.4, -0.2) is 54.9 Å². The van der Waals surface area contributed by atoms with Crippen molar-refractivity contribution in [2.75, 3.05) is 13.1 Å². The van der Waals surface area contributed by atoms with Crippen molar-refractivity contribution in [3.63, 3.8) is 0 Å². The molecule has 1 N–H and O–H groups in total. The second-order valence-electron chi connectivity index (χ2n) is 7.55. The highest BCUT2D eigenvalue weighted by Crippen LogP contribution is 2.41. The molecule has 0 unspecified atom stereocenters. The summed E-state index contributed by atoms with van der Waals surface area (Å²) in [6.07, 6.45) is 4.34. The fourth-order valence-electron chi connectivity index (χ4n) is 4.52. The maximum Gasteiger partial charge on any atom is 0.231 e. The van der Waals surface area contributed by atoms with Crippen LogP contribution in [0.4, 0.5) is 0 Å². The average Bonchev–Trinajstić information content (AvgIpc) is 3.39. The summed E-state index contributed by atoms with van der Waals surface area (Å²) >= 11 is 0. The molecule has 2 aliphatic rings. The van der Waals surface area contributed by atoms with Gasteiger partial charge in [-0.15, -0.1) is 0 Å². The van der Waals surface area contributed by atoms with Crippen LogP contribution in [0.15, 0.2) is 41.3 Å². The molecule has 140 valence electrons. The average molecular weight is 367 g/mol. The molecule has 2 aromatic heterocycles. The maximum absolute atomic E-state index is 12.8. The summed E-state index contributed by atoms with van der Waals surface area (Å²) in [5, 5.41) is 14.7. The maximum atomic E-state index is 12.8. The molecule has 8 nitrogen and oxygen atoms in total. The SMILES string of the molecule is O=C(Cc1nc2ccccc2o1)N1C[C@H]2C[C@@H](n3cncn3)[C@H](O)C[C@H]2C1. The molecular weight excluding hydrogens is 346 g/mol. The van der Waals surface area contributed by atoms with Gasteiger partial charge in [0, 0.05) is 13.1 Å². The van der Waals surface area contributed by atoms with Crippen LogP contribution in [0.25, 0.3) is 11.1 Å². The summed E-state index contributed by atoms with van der Waals surface area (Å²) in [4.78, 5) is 23.0. The number of amides is 1. The number of aromatic nitrogens is 4. The Balaban J connectivity index is 1.26. The van der Waals surface area contributed by atoms with Gasteiger partial charge < -0.3 is 14.4 Å². The van der Waals surface area contributed by atoms with Crippen molar-refractivity contribution < 1.29 is 14.3 Å². The van der Waals surface area contributed by atoms with E-state index in [-0.39, 0.29) is 18.4 Å². The molecule has 0 radical (unpaired) electrons. The summed E-state index contributed by atoms with van der Waals surface area (Å²) in [5.41, 5.74) is 1.48. The third kappa shape index (κ3) is 2.99. The molecule has 2 fully saturated rings. The van der Waals surface area contributed by atoms with Crippen LogP contribution in [0, 0.1) is 11.8 Å². The van der Waals surface area contributed by atoms with Gasteiger partial charge in [0.1, 0.15) is 24.6 Å². The van der Waals surface area contributed by atoms with Gasteiger partial charge in [-0.2, -0.15) is 5.10 Å². The van der Waals surface area contributed by atoms with Crippen molar-refractivity contribution in [2.24, 2.45) is 11.8 Å². The van der Waals surface area contributed by atoms with E-state index in [1.54, 1.807) is 11.0 Å². The Morgan fingerprint density at radius 2 is 2.04 bits per heavy atom. The lowest BCUT2D eigenvalue weighted by Gasteiger charge is -2.34. The zero-order valence-electron chi connectivity index (χ0n) is 14.8. The van der Waals surface area contributed by atoms with E-state index >= 15 is 0 Å². The Labute approximate surface area is 155 Å². The largest absolute Gasteiger partial charge is 0.440 e. The molecule has 8 heteroatoms. The van der Waals surface area contributed by atoms with Crippen LogP contribution in [0.1, 0.15) is 24.8 Å². The van der Waals surface area contributed by atoms with Crippen LogP contribution < -0.4 is 0 Å². The minimum atomic E-state index is -0.458. The molecule has 1 aliphatic carbocycles. The predicted molar refractivity (Wildman–Crippen MR) is 95.6 cm³/mol. The van der Waals surface area contributed by atoms with Crippen molar-refractivity contribution >= 4 is 17.0 Å². The molecule has 1 amide bonds. The number of nitrogens with zero attached hydrogens (tertiary/aromatic N) is 5. The highest BCUT2D eigenvalue weighted by Gasteiger charge is 2.43. The smallest absolute Gasteiger partial charge is 0.231 e. The molecule has 1 saturated carbocycles. The number of para-hydroxylation sites is 2. The topological polar surface area (TPSA) is 97.3 Å². The zero-order valence-corrected chi connectivity index (χ0v) is 14.8. The second kappa shape index (κ2) is 6.45. The second-order valence-corrected chi connectivity index (χ2v) is 7.55. The standard InChI is InChI=1S/C19H21N5O3/c25-16-6-13-9-23(8-12(13)5-15(16)24-11-20-10-21-24)19(26)7-18-22-14-3-1-2-4-17(14)27-18/h1-4,10-13,15-16,25H,5-9H2/t12-,13+,15-,16-/m1/s1. The van der Waals surface area contributed by atoms with E-state index in [0.717, 1.165) is 11.9 Å². The lowest BCUT2D eigenvalue weighted by molar-refractivity contribution is -0.130. The summed E-state index contributed by atoms with van der Waals surface area (Å²) in [5.74, 6) is 1.18. The van der Waals surface area contributed by atoms with Crippen molar-refractivity contribution in [2.45, 2.75) is 31.4 Å². The Morgan fingerprint density at radius 3 is 2.81 bits per heavy atom. The zero-order chi connectivity index (χ0) is 18.4. The summed E-state index contributed by atoms with van der Waals surface area (Å²) < 4.78 is 7.42. The molecule has 1 saturated heterocycles. The summed E-state index contributed by atoms with van der Waals surface area (Å²) in [6.45, 7) is 1.40. The lowest BCUT2D eigenvalue weighted by atomic mass is 9.77. The first kappa shape index (κ1) is 16.4. The van der Waals surface area contributed by atoms with Crippen molar-refractivity contribution in [3.8, 4) is 0 Å². The molecule has 5 rings (SSSR count). The fraction of sp³-hybridized carbons (Fsp3) is 0.474. The number of likely N-dealkylation sites (tertiary alicyclic amines) is 1. The summed E-state index contributed by atoms with van der Waals surface area (Å²) in [7, 11) is 0. The van der Waals surface area contributed by atoms with Gasteiger partial charge in [-0.05, 0) is 36.8 Å². The number of carbonyl (C=O) groups excluding carboxylic acids is 1. The quantitative estimate of drug-likeness (QED) is 0.752. The van der Waals surface area contributed by atoms with Gasteiger partial charge in [0.05, 0.1) is 12.1 Å². The van der Waals surface area contributed by atoms with Gasteiger partial charge in [-0.3, -0.25) is 4.79 Å². The number of rotatable bonds is 3. The van der Waals surface area contributed by atoms with Gasteiger partial charge >= 0.3 is 0 Å². The molecule has 0 bridgehead atoms. The Hall–Kier alpha value is -2.74. The first-order valence-electron chi connectivity index (χ1n) is 9.32. The Bertz CT molecular complexity index is 920. The molecule has 0 spiro atoms. The molecule has 1 aromatic carbocycles. The van der Waals surface area contributed by atoms with Crippen molar-refractivity contribution in [3.05, 3.63) is 42.8 Å². The van der Waals surface area contributed by atoms with Crippen molar-refractivity contribution in [1.82, 2.24) is 24.6 Å².